The average Bonchev–Trinajstić information content (AvgIpc) is 3.42. The second-order valence-electron chi connectivity index (χ2n) is 11.0. The molecule has 2 amide bonds. The van der Waals surface area contributed by atoms with Crippen LogP contribution in [0.3, 0.4) is 0 Å². The Labute approximate surface area is 242 Å². The number of halogens is 1. The Morgan fingerprint density at radius 1 is 0.927 bits per heavy atom. The highest BCUT2D eigenvalue weighted by molar-refractivity contribution is 7.92. The first kappa shape index (κ1) is 30.2. The number of anilines is 1. The summed E-state index contributed by atoms with van der Waals surface area (Å²) >= 11 is 0. The highest BCUT2D eigenvalue weighted by Crippen LogP contribution is 2.24. The summed E-state index contributed by atoms with van der Waals surface area (Å²) in [5, 5.41) is 3.13. The van der Waals surface area contributed by atoms with Crippen LogP contribution in [0.15, 0.2) is 72.8 Å². The zero-order chi connectivity index (χ0) is 29.6. The average molecular weight is 580 g/mol. The number of aryl methyl sites for hydroxylation is 2. The predicted molar refractivity (Wildman–Crippen MR) is 159 cm³/mol. The minimum absolute atomic E-state index is 0.0130. The number of rotatable bonds is 11. The summed E-state index contributed by atoms with van der Waals surface area (Å²) in [7, 11) is -3.85. The molecule has 0 radical (unpaired) electrons. The molecule has 1 atom stereocenters. The molecule has 3 aromatic rings. The van der Waals surface area contributed by atoms with Crippen molar-refractivity contribution >= 4 is 27.5 Å². The van der Waals surface area contributed by atoms with Gasteiger partial charge in [0.1, 0.15) is 18.4 Å². The summed E-state index contributed by atoms with van der Waals surface area (Å²) in [5.74, 6) is -1.22. The molecule has 9 heteroatoms. The number of hydrogen-bond acceptors (Lipinski definition) is 4. The van der Waals surface area contributed by atoms with Crippen LogP contribution in [0.25, 0.3) is 0 Å². The van der Waals surface area contributed by atoms with Gasteiger partial charge in [-0.1, -0.05) is 61.4 Å². The zero-order valence-corrected chi connectivity index (χ0v) is 24.7. The molecule has 1 fully saturated rings. The molecule has 0 bridgehead atoms. The highest BCUT2D eigenvalue weighted by Gasteiger charge is 2.34. The van der Waals surface area contributed by atoms with E-state index in [0.29, 0.717) is 11.3 Å². The smallest absolute Gasteiger partial charge is 0.244 e. The number of nitrogens with one attached hydrogen (secondary N) is 1. The standard InChI is InChI=1S/C32H38FN3O4S/c1-23-17-24(2)19-29(18-23)36(41(3,39)40)22-31(37)35(21-26-13-15-27(33)16-14-26)30(20-25-9-5-4-6-10-25)32(38)34-28-11-7-8-12-28/h4-6,9-10,13-19,28,30H,7-8,11-12,20-22H2,1-3H3,(H,34,38)/t30-/m1/s1. The molecule has 1 aliphatic rings. The van der Waals surface area contributed by atoms with E-state index in [0.717, 1.165) is 52.9 Å². The molecule has 0 aromatic heterocycles. The van der Waals surface area contributed by atoms with Crippen LogP contribution in [0.1, 0.15) is 47.9 Å². The minimum Gasteiger partial charge on any atom is -0.352 e. The summed E-state index contributed by atoms with van der Waals surface area (Å²) in [4.78, 5) is 29.4. The summed E-state index contributed by atoms with van der Waals surface area (Å²) in [6, 6.07) is 19.7. The second-order valence-corrected chi connectivity index (χ2v) is 12.9. The first-order valence-electron chi connectivity index (χ1n) is 13.9. The van der Waals surface area contributed by atoms with Crippen molar-refractivity contribution in [3.8, 4) is 0 Å². The summed E-state index contributed by atoms with van der Waals surface area (Å²) < 4.78 is 40.7. The van der Waals surface area contributed by atoms with Gasteiger partial charge in [0.2, 0.25) is 21.8 Å². The van der Waals surface area contributed by atoms with Crippen LogP contribution in [-0.4, -0.2) is 50.0 Å². The first-order valence-corrected chi connectivity index (χ1v) is 15.8. The van der Waals surface area contributed by atoms with Crippen LogP contribution in [0.5, 0.6) is 0 Å². The first-order chi connectivity index (χ1) is 19.5. The third kappa shape index (κ3) is 8.39. The lowest BCUT2D eigenvalue weighted by Crippen LogP contribution is -2.54. The largest absolute Gasteiger partial charge is 0.352 e. The molecule has 7 nitrogen and oxygen atoms in total. The number of carbonyl (C=O) groups is 2. The maximum absolute atomic E-state index is 14.2. The Bertz CT molecular complexity index is 1440. The van der Waals surface area contributed by atoms with Gasteiger partial charge >= 0.3 is 0 Å². The van der Waals surface area contributed by atoms with E-state index in [-0.39, 0.29) is 24.9 Å². The monoisotopic (exact) mass is 579 g/mol. The molecule has 1 saturated carbocycles. The lowest BCUT2D eigenvalue weighted by molar-refractivity contribution is -0.140. The van der Waals surface area contributed by atoms with E-state index in [1.165, 1.54) is 17.0 Å². The molecule has 0 saturated heterocycles. The lowest BCUT2D eigenvalue weighted by Gasteiger charge is -2.34. The zero-order valence-electron chi connectivity index (χ0n) is 23.8. The lowest BCUT2D eigenvalue weighted by atomic mass is 10.0. The number of carbonyl (C=O) groups excluding carboxylic acids is 2. The number of nitrogens with zero attached hydrogens (tertiary/aromatic N) is 2. The summed E-state index contributed by atoms with van der Waals surface area (Å²) in [6.45, 7) is 3.26. The predicted octanol–water partition coefficient (Wildman–Crippen LogP) is 4.91. The molecule has 0 heterocycles. The topological polar surface area (TPSA) is 86.8 Å². The van der Waals surface area contributed by atoms with Crippen molar-refractivity contribution in [3.63, 3.8) is 0 Å². The quantitative estimate of drug-likeness (QED) is 0.350. The van der Waals surface area contributed by atoms with Gasteiger partial charge < -0.3 is 10.2 Å². The number of sulfonamides is 1. The SMILES string of the molecule is Cc1cc(C)cc(N(CC(=O)N(Cc2ccc(F)cc2)[C@H](Cc2ccccc2)C(=O)NC2CCCC2)S(C)(=O)=O)c1. The maximum atomic E-state index is 14.2. The van der Waals surface area contributed by atoms with E-state index in [1.54, 1.807) is 24.3 Å². The van der Waals surface area contributed by atoms with Crippen LogP contribution >= 0.6 is 0 Å². The molecule has 0 unspecified atom stereocenters. The van der Waals surface area contributed by atoms with Crippen LogP contribution in [0.4, 0.5) is 10.1 Å². The van der Waals surface area contributed by atoms with Crippen LogP contribution < -0.4 is 9.62 Å². The van der Waals surface area contributed by atoms with Gasteiger partial charge in [0.15, 0.2) is 0 Å². The highest BCUT2D eigenvalue weighted by atomic mass is 32.2. The number of benzene rings is 3. The summed E-state index contributed by atoms with van der Waals surface area (Å²) in [5.41, 5.74) is 3.61. The van der Waals surface area contributed by atoms with Crippen molar-refractivity contribution in [2.45, 2.75) is 64.6 Å². The van der Waals surface area contributed by atoms with Gasteiger partial charge in [-0.05, 0) is 73.2 Å². The van der Waals surface area contributed by atoms with Crippen LogP contribution in [0, 0.1) is 19.7 Å². The fourth-order valence-electron chi connectivity index (χ4n) is 5.42. The Morgan fingerprint density at radius 3 is 2.12 bits per heavy atom. The third-order valence-corrected chi connectivity index (χ3v) is 8.55. The van der Waals surface area contributed by atoms with Gasteiger partial charge in [0.25, 0.3) is 0 Å². The van der Waals surface area contributed by atoms with Crippen molar-refractivity contribution in [1.82, 2.24) is 10.2 Å². The fourth-order valence-corrected chi connectivity index (χ4v) is 6.25. The van der Waals surface area contributed by atoms with Crippen molar-refractivity contribution < 1.29 is 22.4 Å². The van der Waals surface area contributed by atoms with Crippen molar-refractivity contribution in [2.75, 3.05) is 17.1 Å². The third-order valence-electron chi connectivity index (χ3n) is 7.41. The molecule has 1 N–H and O–H groups in total. The van der Waals surface area contributed by atoms with Crippen LogP contribution in [0.2, 0.25) is 0 Å². The second kappa shape index (κ2) is 13.3. The van der Waals surface area contributed by atoms with Crippen molar-refractivity contribution in [2.24, 2.45) is 0 Å². The maximum Gasteiger partial charge on any atom is 0.244 e. The van der Waals surface area contributed by atoms with Gasteiger partial charge in [0.05, 0.1) is 11.9 Å². The van der Waals surface area contributed by atoms with Gasteiger partial charge in [-0.2, -0.15) is 0 Å². The van der Waals surface area contributed by atoms with Gasteiger partial charge in [0, 0.05) is 19.0 Å². The molecule has 4 rings (SSSR count). The Morgan fingerprint density at radius 2 is 1.54 bits per heavy atom. The molecule has 41 heavy (non-hydrogen) atoms. The van der Waals surface area contributed by atoms with Crippen LogP contribution in [-0.2, 0) is 32.6 Å². The van der Waals surface area contributed by atoms with E-state index in [2.05, 4.69) is 5.32 Å². The Hall–Kier alpha value is -3.72. The van der Waals surface area contributed by atoms with E-state index in [4.69, 9.17) is 0 Å². The van der Waals surface area contributed by atoms with E-state index in [9.17, 15) is 22.4 Å². The minimum atomic E-state index is -3.85. The Kier molecular flexibility index (Phi) is 9.81. The van der Waals surface area contributed by atoms with Crippen molar-refractivity contribution in [1.29, 1.82) is 0 Å². The van der Waals surface area contributed by atoms with Crippen molar-refractivity contribution in [3.05, 3.63) is 101 Å². The van der Waals surface area contributed by atoms with Gasteiger partial charge in [-0.25, -0.2) is 12.8 Å². The molecule has 0 aliphatic heterocycles. The molecule has 218 valence electrons. The van der Waals surface area contributed by atoms with Gasteiger partial charge in [-0.15, -0.1) is 0 Å². The number of hydrogen-bond donors (Lipinski definition) is 1. The molecule has 3 aromatic carbocycles. The number of amides is 2. The van der Waals surface area contributed by atoms with E-state index < -0.39 is 34.3 Å². The normalized spacial score (nSPS) is 14.4. The van der Waals surface area contributed by atoms with E-state index >= 15 is 0 Å². The summed E-state index contributed by atoms with van der Waals surface area (Å²) in [6.07, 6.45) is 5.14. The molecule has 0 spiro atoms. The van der Waals surface area contributed by atoms with Gasteiger partial charge in [-0.3, -0.25) is 13.9 Å². The fraction of sp³-hybridized carbons (Fsp3) is 0.375. The van der Waals surface area contributed by atoms with E-state index in [1.807, 2.05) is 50.2 Å². The molecule has 1 aliphatic carbocycles. The molecular formula is C32H38FN3O4S. The molecular weight excluding hydrogens is 541 g/mol. The Balaban J connectivity index is 1.73.